The first-order valence-electron chi connectivity index (χ1n) is 6.59. The minimum absolute atomic E-state index is 0.0855. The Morgan fingerprint density at radius 2 is 1.89 bits per heavy atom. The van der Waals surface area contributed by atoms with Crippen LogP contribution in [-0.4, -0.2) is 25.1 Å². The van der Waals surface area contributed by atoms with E-state index in [1.807, 2.05) is 39.8 Å². The quantitative estimate of drug-likeness (QED) is 0.827. The standard InChI is InChI=1S/C15H24N2O2/c1-11(2)19-13-7-5-12(6-8-13)14(18)17-10-15(3,4)9-16/h5-8,11H,9-10,16H2,1-4H3,(H,17,18). The summed E-state index contributed by atoms with van der Waals surface area (Å²) in [5.41, 5.74) is 6.17. The Morgan fingerprint density at radius 3 is 2.37 bits per heavy atom. The van der Waals surface area contributed by atoms with Crippen molar-refractivity contribution in [3.8, 4) is 5.75 Å². The number of benzene rings is 1. The summed E-state index contributed by atoms with van der Waals surface area (Å²) in [6, 6.07) is 7.15. The second-order valence-electron chi connectivity index (χ2n) is 5.74. The van der Waals surface area contributed by atoms with Gasteiger partial charge in [-0.05, 0) is 50.1 Å². The fraction of sp³-hybridized carbons (Fsp3) is 0.533. The number of hydrogen-bond donors (Lipinski definition) is 2. The van der Waals surface area contributed by atoms with Gasteiger partial charge in [0.1, 0.15) is 5.75 Å². The number of carbonyl (C=O) groups excluding carboxylic acids is 1. The third-order valence-corrected chi connectivity index (χ3v) is 2.77. The number of ether oxygens (including phenoxy) is 1. The van der Waals surface area contributed by atoms with E-state index >= 15 is 0 Å². The molecule has 0 atom stereocenters. The van der Waals surface area contributed by atoms with Crippen molar-refractivity contribution in [3.05, 3.63) is 29.8 Å². The van der Waals surface area contributed by atoms with E-state index < -0.39 is 0 Å². The molecule has 0 unspecified atom stereocenters. The van der Waals surface area contributed by atoms with Crippen molar-refractivity contribution in [2.24, 2.45) is 11.1 Å². The Labute approximate surface area is 115 Å². The molecule has 4 heteroatoms. The lowest BCUT2D eigenvalue weighted by Gasteiger charge is -2.22. The molecule has 4 nitrogen and oxygen atoms in total. The highest BCUT2D eigenvalue weighted by Gasteiger charge is 2.17. The monoisotopic (exact) mass is 264 g/mol. The number of hydrogen-bond acceptors (Lipinski definition) is 3. The molecule has 0 aliphatic rings. The Bertz CT molecular complexity index is 411. The number of rotatable bonds is 6. The van der Waals surface area contributed by atoms with Gasteiger partial charge in [0.2, 0.25) is 0 Å². The lowest BCUT2D eigenvalue weighted by molar-refractivity contribution is 0.0938. The molecule has 3 N–H and O–H groups in total. The van der Waals surface area contributed by atoms with E-state index in [2.05, 4.69) is 5.32 Å². The minimum atomic E-state index is -0.0869. The number of carbonyl (C=O) groups is 1. The first kappa shape index (κ1) is 15.5. The molecule has 19 heavy (non-hydrogen) atoms. The molecule has 0 spiro atoms. The van der Waals surface area contributed by atoms with Gasteiger partial charge in [0.25, 0.3) is 5.91 Å². The van der Waals surface area contributed by atoms with Crippen LogP contribution in [0.25, 0.3) is 0 Å². The Morgan fingerprint density at radius 1 is 1.32 bits per heavy atom. The van der Waals surface area contributed by atoms with E-state index in [1.165, 1.54) is 0 Å². The Kier molecular flexibility index (Phi) is 5.36. The van der Waals surface area contributed by atoms with Gasteiger partial charge in [0.05, 0.1) is 6.10 Å². The van der Waals surface area contributed by atoms with Crippen LogP contribution in [0.1, 0.15) is 38.1 Å². The van der Waals surface area contributed by atoms with Gasteiger partial charge in [-0.2, -0.15) is 0 Å². The zero-order chi connectivity index (χ0) is 14.5. The molecule has 0 bridgehead atoms. The van der Waals surface area contributed by atoms with Crippen molar-refractivity contribution in [1.82, 2.24) is 5.32 Å². The molecule has 1 aromatic carbocycles. The molecule has 0 fully saturated rings. The zero-order valence-electron chi connectivity index (χ0n) is 12.2. The van der Waals surface area contributed by atoms with Crippen molar-refractivity contribution >= 4 is 5.91 Å². The van der Waals surface area contributed by atoms with E-state index in [1.54, 1.807) is 12.1 Å². The fourth-order valence-corrected chi connectivity index (χ4v) is 1.45. The van der Waals surface area contributed by atoms with Gasteiger partial charge in [-0.15, -0.1) is 0 Å². The molecule has 1 rings (SSSR count). The van der Waals surface area contributed by atoms with Crippen LogP contribution in [-0.2, 0) is 0 Å². The summed E-state index contributed by atoms with van der Waals surface area (Å²) >= 11 is 0. The molecule has 1 amide bonds. The van der Waals surface area contributed by atoms with Crippen molar-refractivity contribution < 1.29 is 9.53 Å². The molecule has 0 heterocycles. The molecule has 0 aliphatic heterocycles. The highest BCUT2D eigenvalue weighted by atomic mass is 16.5. The summed E-state index contributed by atoms with van der Waals surface area (Å²) in [5.74, 6) is 0.687. The minimum Gasteiger partial charge on any atom is -0.491 e. The Hall–Kier alpha value is -1.55. The van der Waals surface area contributed by atoms with Crippen LogP contribution >= 0.6 is 0 Å². The van der Waals surface area contributed by atoms with Crippen LogP contribution in [0.4, 0.5) is 0 Å². The largest absolute Gasteiger partial charge is 0.491 e. The smallest absolute Gasteiger partial charge is 0.251 e. The number of nitrogens with one attached hydrogen (secondary N) is 1. The van der Waals surface area contributed by atoms with E-state index in [-0.39, 0.29) is 17.4 Å². The number of amides is 1. The predicted molar refractivity (Wildman–Crippen MR) is 77.4 cm³/mol. The number of nitrogens with two attached hydrogens (primary N) is 1. The van der Waals surface area contributed by atoms with Gasteiger partial charge >= 0.3 is 0 Å². The molecule has 1 aromatic rings. The third-order valence-electron chi connectivity index (χ3n) is 2.77. The third kappa shape index (κ3) is 5.30. The van der Waals surface area contributed by atoms with Crippen LogP contribution in [0.2, 0.25) is 0 Å². The van der Waals surface area contributed by atoms with Gasteiger partial charge in [-0.3, -0.25) is 4.79 Å². The molecule has 0 aromatic heterocycles. The van der Waals surface area contributed by atoms with Gasteiger partial charge in [0, 0.05) is 12.1 Å². The van der Waals surface area contributed by atoms with Gasteiger partial charge in [-0.1, -0.05) is 13.8 Å². The van der Waals surface area contributed by atoms with E-state index in [0.717, 1.165) is 5.75 Å². The molecule has 106 valence electrons. The van der Waals surface area contributed by atoms with Crippen molar-refractivity contribution in [2.75, 3.05) is 13.1 Å². The van der Waals surface area contributed by atoms with Crippen LogP contribution < -0.4 is 15.8 Å². The zero-order valence-corrected chi connectivity index (χ0v) is 12.2. The van der Waals surface area contributed by atoms with Crippen molar-refractivity contribution in [2.45, 2.75) is 33.8 Å². The molecule has 0 radical (unpaired) electrons. The predicted octanol–water partition coefficient (Wildman–Crippen LogP) is 2.19. The SMILES string of the molecule is CC(C)Oc1ccc(C(=O)NCC(C)(C)CN)cc1. The van der Waals surface area contributed by atoms with Gasteiger partial charge in [-0.25, -0.2) is 0 Å². The first-order valence-corrected chi connectivity index (χ1v) is 6.59. The summed E-state index contributed by atoms with van der Waals surface area (Å²) in [6.07, 6.45) is 0.130. The van der Waals surface area contributed by atoms with Crippen LogP contribution in [0.5, 0.6) is 5.75 Å². The molecule has 0 saturated heterocycles. The summed E-state index contributed by atoms with van der Waals surface area (Å²) in [4.78, 5) is 11.9. The van der Waals surface area contributed by atoms with Gasteiger partial charge < -0.3 is 15.8 Å². The maximum absolute atomic E-state index is 11.9. The first-order chi connectivity index (χ1) is 8.84. The lowest BCUT2D eigenvalue weighted by atomic mass is 9.94. The van der Waals surface area contributed by atoms with Crippen LogP contribution in [0, 0.1) is 5.41 Å². The lowest BCUT2D eigenvalue weighted by Crippen LogP contribution is -2.38. The summed E-state index contributed by atoms with van der Waals surface area (Å²) in [7, 11) is 0. The van der Waals surface area contributed by atoms with E-state index in [4.69, 9.17) is 10.5 Å². The van der Waals surface area contributed by atoms with E-state index in [0.29, 0.717) is 18.7 Å². The van der Waals surface area contributed by atoms with Crippen LogP contribution in [0.3, 0.4) is 0 Å². The molecular formula is C15H24N2O2. The molecule has 0 aliphatic carbocycles. The Balaban J connectivity index is 2.58. The summed E-state index contributed by atoms with van der Waals surface area (Å²) < 4.78 is 5.53. The summed E-state index contributed by atoms with van der Waals surface area (Å²) in [6.45, 7) is 9.08. The molecular weight excluding hydrogens is 240 g/mol. The van der Waals surface area contributed by atoms with Crippen molar-refractivity contribution in [1.29, 1.82) is 0 Å². The highest BCUT2D eigenvalue weighted by Crippen LogP contribution is 2.14. The second kappa shape index (κ2) is 6.57. The van der Waals surface area contributed by atoms with Gasteiger partial charge in [0.15, 0.2) is 0 Å². The summed E-state index contributed by atoms with van der Waals surface area (Å²) in [5, 5.41) is 2.89. The topological polar surface area (TPSA) is 64.3 Å². The normalized spacial score (nSPS) is 11.5. The van der Waals surface area contributed by atoms with E-state index in [9.17, 15) is 4.79 Å². The average molecular weight is 264 g/mol. The average Bonchev–Trinajstić information content (AvgIpc) is 2.36. The maximum Gasteiger partial charge on any atom is 0.251 e. The highest BCUT2D eigenvalue weighted by molar-refractivity contribution is 5.94. The maximum atomic E-state index is 11.9. The van der Waals surface area contributed by atoms with Crippen LogP contribution in [0.15, 0.2) is 24.3 Å². The molecule has 0 saturated carbocycles. The van der Waals surface area contributed by atoms with Crippen molar-refractivity contribution in [3.63, 3.8) is 0 Å². The second-order valence-corrected chi connectivity index (χ2v) is 5.74. The fourth-order valence-electron chi connectivity index (χ4n) is 1.45.